The molecule has 1 heterocycles. The quantitative estimate of drug-likeness (QED) is 0.878. The average Bonchev–Trinajstić information content (AvgIpc) is 2.37. The molecule has 0 bridgehead atoms. The first-order chi connectivity index (χ1) is 8.92. The van der Waals surface area contributed by atoms with Crippen molar-refractivity contribution in [1.82, 2.24) is 9.88 Å². The number of nitriles is 1. The van der Waals surface area contributed by atoms with Gasteiger partial charge in [-0.3, -0.25) is 4.79 Å². The molecule has 0 aromatic carbocycles. The monoisotopic (exact) mass is 261 g/mol. The van der Waals surface area contributed by atoms with Gasteiger partial charge in [0.05, 0.1) is 11.3 Å². The van der Waals surface area contributed by atoms with Gasteiger partial charge in [-0.15, -0.1) is 0 Å². The Kier molecular flexibility index (Phi) is 4.59. The molecule has 0 fully saturated rings. The molecule has 0 saturated heterocycles. The van der Waals surface area contributed by atoms with E-state index in [0.29, 0.717) is 17.7 Å². The van der Waals surface area contributed by atoms with Crippen LogP contribution in [-0.2, 0) is 4.79 Å². The molecule has 1 aromatic heterocycles. The fraction of sp³-hybridized carbons (Fsp3) is 0.385. The minimum Gasteiger partial charge on any atom is -0.480 e. The summed E-state index contributed by atoms with van der Waals surface area (Å²) in [6.45, 7) is 3.32. The molecule has 1 amide bonds. The molecule has 1 rings (SSSR count). The van der Waals surface area contributed by atoms with Gasteiger partial charge in [-0.1, -0.05) is 6.92 Å². The number of nitrogens with zero attached hydrogens (tertiary/aromatic N) is 3. The molecule has 1 unspecified atom stereocenters. The Balaban J connectivity index is 3.04. The van der Waals surface area contributed by atoms with E-state index in [2.05, 4.69) is 4.98 Å². The first kappa shape index (κ1) is 14.6. The zero-order valence-corrected chi connectivity index (χ0v) is 11.0. The number of amides is 1. The van der Waals surface area contributed by atoms with Crippen molar-refractivity contribution >= 4 is 11.9 Å². The molecule has 1 atom stereocenters. The standard InChI is InChI=1S/C13H15N3O3/c1-4-11(13(18)19)16(3)12(17)10-6-5-9(7-14)8(2)15-10/h5-6,11H,4H2,1-3H3,(H,18,19). The number of aromatic nitrogens is 1. The van der Waals surface area contributed by atoms with Gasteiger partial charge in [0.2, 0.25) is 0 Å². The Morgan fingerprint density at radius 3 is 2.58 bits per heavy atom. The van der Waals surface area contributed by atoms with E-state index in [0.717, 1.165) is 4.90 Å². The van der Waals surface area contributed by atoms with Gasteiger partial charge in [0.1, 0.15) is 17.8 Å². The summed E-state index contributed by atoms with van der Waals surface area (Å²) in [4.78, 5) is 28.3. The van der Waals surface area contributed by atoms with E-state index >= 15 is 0 Å². The lowest BCUT2D eigenvalue weighted by molar-refractivity contribution is -0.142. The highest BCUT2D eigenvalue weighted by molar-refractivity contribution is 5.94. The molecule has 0 saturated carbocycles. The minimum absolute atomic E-state index is 0.138. The molecule has 1 aromatic rings. The Bertz CT molecular complexity index is 549. The summed E-state index contributed by atoms with van der Waals surface area (Å²) in [6.07, 6.45) is 0.312. The summed E-state index contributed by atoms with van der Waals surface area (Å²) in [6, 6.07) is 4.01. The SMILES string of the molecule is CCC(C(=O)O)N(C)C(=O)c1ccc(C#N)c(C)n1. The normalized spacial score (nSPS) is 11.5. The third-order valence-electron chi connectivity index (χ3n) is 2.88. The number of carbonyl (C=O) groups is 2. The molecule has 0 aliphatic carbocycles. The number of carbonyl (C=O) groups excluding carboxylic acids is 1. The van der Waals surface area contributed by atoms with Crippen LogP contribution in [0.2, 0.25) is 0 Å². The van der Waals surface area contributed by atoms with Crippen LogP contribution in [0.5, 0.6) is 0 Å². The molecule has 1 N–H and O–H groups in total. The summed E-state index contributed by atoms with van der Waals surface area (Å²) in [5, 5.41) is 17.8. The zero-order chi connectivity index (χ0) is 14.6. The lowest BCUT2D eigenvalue weighted by Gasteiger charge is -2.23. The highest BCUT2D eigenvalue weighted by atomic mass is 16.4. The van der Waals surface area contributed by atoms with Crippen LogP contribution in [0.4, 0.5) is 0 Å². The van der Waals surface area contributed by atoms with Gasteiger partial charge in [0.15, 0.2) is 0 Å². The maximum atomic E-state index is 12.1. The second-order valence-corrected chi connectivity index (χ2v) is 4.12. The lowest BCUT2D eigenvalue weighted by atomic mass is 10.1. The van der Waals surface area contributed by atoms with Crippen molar-refractivity contribution in [2.75, 3.05) is 7.05 Å². The third-order valence-corrected chi connectivity index (χ3v) is 2.88. The highest BCUT2D eigenvalue weighted by Crippen LogP contribution is 2.10. The Hall–Kier alpha value is -2.42. The molecule has 0 radical (unpaired) electrons. The van der Waals surface area contributed by atoms with Gasteiger partial charge < -0.3 is 10.0 Å². The van der Waals surface area contributed by atoms with E-state index in [4.69, 9.17) is 10.4 Å². The maximum absolute atomic E-state index is 12.1. The topological polar surface area (TPSA) is 94.3 Å². The first-order valence-electron chi connectivity index (χ1n) is 5.80. The number of hydrogen-bond donors (Lipinski definition) is 1. The number of aryl methyl sites for hydroxylation is 1. The van der Waals surface area contributed by atoms with Crippen LogP contribution in [0.25, 0.3) is 0 Å². The average molecular weight is 261 g/mol. The number of carboxylic acids is 1. The van der Waals surface area contributed by atoms with Crippen molar-refractivity contribution in [2.45, 2.75) is 26.3 Å². The number of pyridine rings is 1. The van der Waals surface area contributed by atoms with Gasteiger partial charge in [-0.25, -0.2) is 9.78 Å². The molecule has 0 aliphatic heterocycles. The Morgan fingerprint density at radius 1 is 1.53 bits per heavy atom. The van der Waals surface area contributed by atoms with Crippen LogP contribution in [-0.4, -0.2) is 40.0 Å². The molecule has 0 aliphatic rings. The second kappa shape index (κ2) is 5.96. The van der Waals surface area contributed by atoms with Crippen LogP contribution < -0.4 is 0 Å². The van der Waals surface area contributed by atoms with Crippen LogP contribution in [0.15, 0.2) is 12.1 Å². The maximum Gasteiger partial charge on any atom is 0.326 e. The van der Waals surface area contributed by atoms with Gasteiger partial charge in [-0.2, -0.15) is 5.26 Å². The van der Waals surface area contributed by atoms with Crippen LogP contribution in [0, 0.1) is 18.3 Å². The summed E-state index contributed by atoms with van der Waals surface area (Å²) in [7, 11) is 1.43. The smallest absolute Gasteiger partial charge is 0.326 e. The molecule has 19 heavy (non-hydrogen) atoms. The molecular formula is C13H15N3O3. The van der Waals surface area contributed by atoms with Gasteiger partial charge in [0, 0.05) is 7.05 Å². The predicted molar refractivity (Wildman–Crippen MR) is 67.5 cm³/mol. The van der Waals surface area contributed by atoms with Gasteiger partial charge in [-0.05, 0) is 25.5 Å². The first-order valence-corrected chi connectivity index (χ1v) is 5.80. The van der Waals surface area contributed by atoms with Crippen LogP contribution >= 0.6 is 0 Å². The van der Waals surface area contributed by atoms with Crippen LogP contribution in [0.1, 0.15) is 35.1 Å². The molecule has 0 spiro atoms. The van der Waals surface area contributed by atoms with Gasteiger partial charge >= 0.3 is 5.97 Å². The lowest BCUT2D eigenvalue weighted by Crippen LogP contribution is -2.42. The van der Waals surface area contributed by atoms with Gasteiger partial charge in [0.25, 0.3) is 5.91 Å². The zero-order valence-electron chi connectivity index (χ0n) is 11.0. The van der Waals surface area contributed by atoms with Crippen molar-refractivity contribution in [3.8, 4) is 6.07 Å². The molecule has 6 heteroatoms. The van der Waals surface area contributed by atoms with Crippen molar-refractivity contribution in [2.24, 2.45) is 0 Å². The summed E-state index contributed by atoms with van der Waals surface area (Å²) < 4.78 is 0. The predicted octanol–water partition coefficient (Wildman–Crippen LogP) is 1.20. The third kappa shape index (κ3) is 3.07. The molecule has 6 nitrogen and oxygen atoms in total. The van der Waals surface area contributed by atoms with Crippen molar-refractivity contribution in [3.63, 3.8) is 0 Å². The van der Waals surface area contributed by atoms with E-state index in [1.54, 1.807) is 13.8 Å². The molecular weight excluding hydrogens is 246 g/mol. The van der Waals surface area contributed by atoms with E-state index in [1.165, 1.54) is 19.2 Å². The number of hydrogen-bond acceptors (Lipinski definition) is 4. The number of likely N-dealkylation sites (N-methyl/N-ethyl adjacent to an activating group) is 1. The van der Waals surface area contributed by atoms with E-state index in [-0.39, 0.29) is 5.69 Å². The largest absolute Gasteiger partial charge is 0.480 e. The summed E-state index contributed by atoms with van der Waals surface area (Å²) in [5.41, 5.74) is 0.980. The highest BCUT2D eigenvalue weighted by Gasteiger charge is 2.26. The van der Waals surface area contributed by atoms with Crippen LogP contribution in [0.3, 0.4) is 0 Å². The number of aliphatic carboxylic acids is 1. The fourth-order valence-electron chi connectivity index (χ4n) is 1.73. The number of carboxylic acid groups (broad SMARTS) is 1. The summed E-state index contributed by atoms with van der Waals surface area (Å²) in [5.74, 6) is -1.52. The van der Waals surface area contributed by atoms with Crippen molar-refractivity contribution in [3.05, 3.63) is 29.1 Å². The Labute approximate surface area is 111 Å². The van der Waals surface area contributed by atoms with E-state index in [9.17, 15) is 9.59 Å². The van der Waals surface area contributed by atoms with E-state index < -0.39 is 17.9 Å². The molecule has 100 valence electrons. The minimum atomic E-state index is -1.05. The van der Waals surface area contributed by atoms with Crippen molar-refractivity contribution < 1.29 is 14.7 Å². The fourth-order valence-corrected chi connectivity index (χ4v) is 1.73. The second-order valence-electron chi connectivity index (χ2n) is 4.12. The number of rotatable bonds is 4. The Morgan fingerprint density at radius 2 is 2.16 bits per heavy atom. The van der Waals surface area contributed by atoms with E-state index in [1.807, 2.05) is 6.07 Å². The summed E-state index contributed by atoms with van der Waals surface area (Å²) >= 11 is 0. The van der Waals surface area contributed by atoms with Crippen molar-refractivity contribution in [1.29, 1.82) is 5.26 Å².